The molecule has 3 N–H and O–H groups in total. The summed E-state index contributed by atoms with van der Waals surface area (Å²) in [5.74, 6) is -0.783. The van der Waals surface area contributed by atoms with Crippen molar-refractivity contribution in [2.45, 2.75) is 37.9 Å². The minimum atomic E-state index is -1.53. The number of nitrogens with zero attached hydrogens (tertiary/aromatic N) is 1. The quantitative estimate of drug-likeness (QED) is 0.506. The van der Waals surface area contributed by atoms with Crippen molar-refractivity contribution in [1.82, 2.24) is 4.90 Å². The van der Waals surface area contributed by atoms with Crippen LogP contribution in [0.2, 0.25) is 0 Å². The van der Waals surface area contributed by atoms with Gasteiger partial charge in [0.05, 0.1) is 13.2 Å². The van der Waals surface area contributed by atoms with Crippen molar-refractivity contribution in [1.29, 1.82) is 0 Å². The van der Waals surface area contributed by atoms with E-state index in [1.165, 1.54) is 27.2 Å². The molecule has 0 spiro atoms. The molecule has 1 aliphatic rings. The molecule has 1 amide bonds. The molecule has 8 nitrogen and oxygen atoms in total. The van der Waals surface area contributed by atoms with E-state index in [-0.39, 0.29) is 12.4 Å². The number of carbonyl (C=O) groups excluding carboxylic acids is 2. The van der Waals surface area contributed by atoms with E-state index in [1.54, 1.807) is 0 Å². The summed E-state index contributed by atoms with van der Waals surface area (Å²) in [5.41, 5.74) is -1.53. The van der Waals surface area contributed by atoms with Crippen LogP contribution in [0.4, 0.5) is 0 Å². The number of methoxy groups -OCH3 is 1. The SMILES string of the molecule is COC[C@]1(CO)O[C@@H](N(/C=C\C(C)=O)C(C)=O)[C@@H](O)C1O. The molecule has 1 saturated heterocycles. The highest BCUT2D eigenvalue weighted by Crippen LogP contribution is 2.33. The zero-order valence-electron chi connectivity index (χ0n) is 12.2. The Bertz CT molecular complexity index is 425. The van der Waals surface area contributed by atoms with Gasteiger partial charge in [0.1, 0.15) is 17.8 Å². The molecule has 0 aliphatic carbocycles. The Labute approximate surface area is 122 Å². The number of hydrogen-bond acceptors (Lipinski definition) is 7. The third-order valence-corrected chi connectivity index (χ3v) is 3.27. The molecule has 21 heavy (non-hydrogen) atoms. The molecule has 120 valence electrons. The Morgan fingerprint density at radius 1 is 1.38 bits per heavy atom. The van der Waals surface area contributed by atoms with Gasteiger partial charge in [-0.2, -0.15) is 0 Å². The Morgan fingerprint density at radius 2 is 2.00 bits per heavy atom. The lowest BCUT2D eigenvalue weighted by Crippen LogP contribution is -2.49. The summed E-state index contributed by atoms with van der Waals surface area (Å²) >= 11 is 0. The minimum Gasteiger partial charge on any atom is -0.393 e. The van der Waals surface area contributed by atoms with Gasteiger partial charge in [0.15, 0.2) is 12.0 Å². The number of ether oxygens (including phenoxy) is 2. The van der Waals surface area contributed by atoms with Crippen LogP contribution in [0.3, 0.4) is 0 Å². The smallest absolute Gasteiger partial charge is 0.225 e. The first-order valence-electron chi connectivity index (χ1n) is 6.40. The first-order chi connectivity index (χ1) is 9.79. The second-order valence-corrected chi connectivity index (χ2v) is 4.95. The molecule has 1 heterocycles. The Morgan fingerprint density at radius 3 is 2.43 bits per heavy atom. The molecule has 0 aromatic carbocycles. The number of aliphatic hydroxyl groups excluding tert-OH is 3. The van der Waals surface area contributed by atoms with Crippen molar-refractivity contribution in [3.8, 4) is 0 Å². The van der Waals surface area contributed by atoms with E-state index in [1.807, 2.05) is 0 Å². The van der Waals surface area contributed by atoms with Crippen LogP contribution in [0.1, 0.15) is 13.8 Å². The number of rotatable bonds is 6. The maximum absolute atomic E-state index is 11.6. The zero-order chi connectivity index (χ0) is 16.2. The molecule has 1 rings (SSSR count). The number of carbonyl (C=O) groups is 2. The van der Waals surface area contributed by atoms with E-state index in [9.17, 15) is 24.9 Å². The summed E-state index contributed by atoms with van der Waals surface area (Å²) in [7, 11) is 1.35. The highest BCUT2D eigenvalue weighted by molar-refractivity contribution is 5.88. The van der Waals surface area contributed by atoms with E-state index in [0.29, 0.717) is 0 Å². The van der Waals surface area contributed by atoms with Crippen LogP contribution in [0, 0.1) is 0 Å². The van der Waals surface area contributed by atoms with Crippen LogP contribution < -0.4 is 0 Å². The minimum absolute atomic E-state index is 0.166. The largest absolute Gasteiger partial charge is 0.393 e. The summed E-state index contributed by atoms with van der Waals surface area (Å²) in [4.78, 5) is 23.6. The van der Waals surface area contributed by atoms with Crippen LogP contribution in [0.25, 0.3) is 0 Å². The fourth-order valence-electron chi connectivity index (χ4n) is 2.16. The molecule has 4 atom stereocenters. The fraction of sp³-hybridized carbons (Fsp3) is 0.692. The van der Waals surface area contributed by atoms with Gasteiger partial charge < -0.3 is 24.8 Å². The summed E-state index contributed by atoms with van der Waals surface area (Å²) < 4.78 is 10.4. The first kappa shape index (κ1) is 17.7. The first-order valence-corrected chi connectivity index (χ1v) is 6.40. The van der Waals surface area contributed by atoms with Crippen molar-refractivity contribution >= 4 is 11.7 Å². The van der Waals surface area contributed by atoms with Gasteiger partial charge in [0.2, 0.25) is 5.91 Å². The van der Waals surface area contributed by atoms with Gasteiger partial charge in [-0.15, -0.1) is 0 Å². The monoisotopic (exact) mass is 303 g/mol. The zero-order valence-corrected chi connectivity index (χ0v) is 12.2. The second-order valence-electron chi connectivity index (χ2n) is 4.95. The summed E-state index contributed by atoms with van der Waals surface area (Å²) in [6, 6.07) is 0. The number of aliphatic hydroxyl groups is 3. The van der Waals surface area contributed by atoms with Crippen LogP contribution in [0.15, 0.2) is 12.3 Å². The summed E-state index contributed by atoms with van der Waals surface area (Å²) in [5, 5.41) is 29.6. The molecule has 0 saturated carbocycles. The molecule has 1 fully saturated rings. The lowest BCUT2D eigenvalue weighted by Gasteiger charge is -2.30. The van der Waals surface area contributed by atoms with Crippen LogP contribution in [-0.4, -0.2) is 76.3 Å². The molecule has 0 aromatic rings. The third kappa shape index (κ3) is 3.66. The number of hydrogen-bond donors (Lipinski definition) is 3. The highest BCUT2D eigenvalue weighted by atomic mass is 16.6. The summed E-state index contributed by atoms with van der Waals surface area (Å²) in [6.07, 6.45) is -1.81. The van der Waals surface area contributed by atoms with Crippen molar-refractivity contribution < 1.29 is 34.4 Å². The van der Waals surface area contributed by atoms with Gasteiger partial charge in [0.25, 0.3) is 0 Å². The number of allylic oxidation sites excluding steroid dienone is 1. The van der Waals surface area contributed by atoms with Crippen molar-refractivity contribution in [3.05, 3.63) is 12.3 Å². The standard InChI is InChI=1S/C13H21NO7/c1-8(16)4-5-14(9(2)17)12-10(18)11(19)13(6-15,21-12)7-20-3/h4-5,10-12,15,18-19H,6-7H2,1-3H3/b5-4-/t10-,11?,12+,13-/m0/s1. The van der Waals surface area contributed by atoms with Crippen molar-refractivity contribution in [2.75, 3.05) is 20.3 Å². The van der Waals surface area contributed by atoms with E-state index in [0.717, 1.165) is 11.0 Å². The lowest BCUT2D eigenvalue weighted by atomic mass is 9.97. The molecule has 1 aliphatic heterocycles. The van der Waals surface area contributed by atoms with Crippen molar-refractivity contribution in [2.24, 2.45) is 0 Å². The van der Waals surface area contributed by atoms with Gasteiger partial charge in [0, 0.05) is 20.2 Å². The Hall–Kier alpha value is -1.32. The van der Waals surface area contributed by atoms with Gasteiger partial charge in [-0.1, -0.05) is 0 Å². The van der Waals surface area contributed by atoms with Crippen molar-refractivity contribution in [3.63, 3.8) is 0 Å². The van der Waals surface area contributed by atoms with Gasteiger partial charge in [-0.05, 0) is 13.0 Å². The van der Waals surface area contributed by atoms with Crippen LogP contribution in [-0.2, 0) is 19.1 Å². The Balaban J connectivity index is 3.05. The number of amides is 1. The van der Waals surface area contributed by atoms with Crippen LogP contribution >= 0.6 is 0 Å². The van der Waals surface area contributed by atoms with Gasteiger partial charge in [-0.25, -0.2) is 0 Å². The third-order valence-electron chi connectivity index (χ3n) is 3.27. The molecular weight excluding hydrogens is 282 g/mol. The van der Waals surface area contributed by atoms with E-state index in [4.69, 9.17) is 9.47 Å². The molecule has 8 heteroatoms. The van der Waals surface area contributed by atoms with E-state index >= 15 is 0 Å². The molecule has 0 aromatic heterocycles. The number of ketones is 1. The molecule has 0 bridgehead atoms. The maximum atomic E-state index is 11.6. The van der Waals surface area contributed by atoms with E-state index in [2.05, 4.69) is 0 Å². The fourth-order valence-corrected chi connectivity index (χ4v) is 2.16. The summed E-state index contributed by atoms with van der Waals surface area (Å²) in [6.45, 7) is 1.76. The lowest BCUT2D eigenvalue weighted by molar-refractivity contribution is -0.171. The topological polar surface area (TPSA) is 117 Å². The Kier molecular flexibility index (Phi) is 5.99. The average molecular weight is 303 g/mol. The predicted octanol–water partition coefficient (Wildman–Crippen LogP) is -1.61. The van der Waals surface area contributed by atoms with E-state index < -0.39 is 36.6 Å². The highest BCUT2D eigenvalue weighted by Gasteiger charge is 2.56. The predicted molar refractivity (Wildman–Crippen MR) is 70.9 cm³/mol. The molecule has 0 radical (unpaired) electrons. The average Bonchev–Trinajstić information content (AvgIpc) is 2.65. The maximum Gasteiger partial charge on any atom is 0.225 e. The second kappa shape index (κ2) is 7.10. The van der Waals surface area contributed by atoms with Gasteiger partial charge >= 0.3 is 0 Å². The van der Waals surface area contributed by atoms with Crippen LogP contribution in [0.5, 0.6) is 0 Å². The molecular formula is C13H21NO7. The molecule has 1 unspecified atom stereocenters. The van der Waals surface area contributed by atoms with Gasteiger partial charge in [-0.3, -0.25) is 14.5 Å². The normalized spacial score (nSPS) is 32.6.